The van der Waals surface area contributed by atoms with Gasteiger partial charge in [-0.15, -0.1) is 0 Å². The van der Waals surface area contributed by atoms with Crippen LogP contribution in [0.5, 0.6) is 0 Å². The van der Waals surface area contributed by atoms with Gasteiger partial charge >= 0.3 is 0 Å². The molecule has 3 aliphatic rings. The van der Waals surface area contributed by atoms with Gasteiger partial charge in [-0.2, -0.15) is 0 Å². The number of ether oxygens (including phenoxy) is 1. The number of allylic oxidation sites excluding steroid dienone is 2. The second-order valence-corrected chi connectivity index (χ2v) is 12.0. The predicted molar refractivity (Wildman–Crippen MR) is 163 cm³/mol. The third-order valence-electron chi connectivity index (χ3n) is 9.27. The maximum absolute atomic E-state index is 13.3. The van der Waals surface area contributed by atoms with Crippen LogP contribution < -0.4 is 5.73 Å². The molecule has 3 N–H and O–H groups in total. The van der Waals surface area contributed by atoms with E-state index in [1.165, 1.54) is 0 Å². The number of hydrogen-bond donors (Lipinski definition) is 2. The number of aliphatic hydroxyl groups excluding tert-OH is 1. The second-order valence-electron chi connectivity index (χ2n) is 12.0. The van der Waals surface area contributed by atoms with Crippen LogP contribution in [0.4, 0.5) is 0 Å². The van der Waals surface area contributed by atoms with Gasteiger partial charge < -0.3 is 15.6 Å². The molecular formula is C36H38N2O3. The number of carbonyl (C=O) groups excluding carboxylic acids is 1. The Morgan fingerprint density at radius 1 is 0.902 bits per heavy atom. The highest BCUT2D eigenvalue weighted by Gasteiger charge is 2.45. The molecule has 3 aromatic carbocycles. The molecule has 0 spiro atoms. The Labute approximate surface area is 242 Å². The molecule has 0 saturated carbocycles. The summed E-state index contributed by atoms with van der Waals surface area (Å²) in [7, 11) is 0. The zero-order chi connectivity index (χ0) is 28.6. The standard InChI is InChI=1S/C36H38N2O3/c1-35(2,21-22-36(34(37)40,26-14-8-4-9-15-26)27-16-10-5-11-17-27)38-23-20-28(24-38)41-33-30-19-18-29(31(33)32(30)39)25-12-6-3-7-13-25/h3-19,28,33,39H,20-24H2,1-2H3,(H2,37,40)/t28-,33-/m0/s1. The highest BCUT2D eigenvalue weighted by Crippen LogP contribution is 2.48. The maximum Gasteiger partial charge on any atom is 0.232 e. The summed E-state index contributed by atoms with van der Waals surface area (Å²) in [6.45, 7) is 6.22. The molecule has 3 aromatic rings. The van der Waals surface area contributed by atoms with E-state index in [4.69, 9.17) is 10.5 Å². The van der Waals surface area contributed by atoms with Crippen LogP contribution in [0.1, 0.15) is 49.8 Å². The molecule has 0 unspecified atom stereocenters. The Balaban J connectivity index is 1.16. The van der Waals surface area contributed by atoms with Gasteiger partial charge in [0, 0.05) is 29.8 Å². The van der Waals surface area contributed by atoms with Crippen LogP contribution in [0.25, 0.3) is 5.57 Å². The second kappa shape index (κ2) is 10.8. The zero-order valence-electron chi connectivity index (χ0n) is 23.8. The quantitative estimate of drug-likeness (QED) is 0.312. The molecule has 5 heteroatoms. The van der Waals surface area contributed by atoms with E-state index in [0.29, 0.717) is 12.2 Å². The van der Waals surface area contributed by atoms with E-state index in [1.54, 1.807) is 0 Å². The van der Waals surface area contributed by atoms with Gasteiger partial charge in [-0.05, 0) is 55.4 Å². The van der Waals surface area contributed by atoms with Crippen molar-refractivity contribution in [2.45, 2.75) is 56.3 Å². The van der Waals surface area contributed by atoms with Gasteiger partial charge in [0.25, 0.3) is 0 Å². The zero-order valence-corrected chi connectivity index (χ0v) is 23.8. The fourth-order valence-corrected chi connectivity index (χ4v) is 6.73. The van der Waals surface area contributed by atoms with Crippen molar-refractivity contribution in [1.82, 2.24) is 4.90 Å². The first-order valence-electron chi connectivity index (χ1n) is 14.5. The number of primary amides is 1. The van der Waals surface area contributed by atoms with Gasteiger partial charge in [-0.3, -0.25) is 9.69 Å². The van der Waals surface area contributed by atoms with E-state index in [-0.39, 0.29) is 23.7 Å². The number of amides is 1. The molecule has 1 heterocycles. The number of fused-ring (bicyclic) bond motifs is 2. The molecule has 41 heavy (non-hydrogen) atoms. The molecule has 5 nitrogen and oxygen atoms in total. The fraction of sp³-hybridized carbons (Fsp3) is 0.306. The van der Waals surface area contributed by atoms with Gasteiger partial charge in [0.1, 0.15) is 11.9 Å². The lowest BCUT2D eigenvalue weighted by Crippen LogP contribution is -2.48. The third kappa shape index (κ3) is 4.83. The van der Waals surface area contributed by atoms with E-state index < -0.39 is 5.41 Å². The molecule has 2 bridgehead atoms. The average Bonchev–Trinajstić information content (AvgIpc) is 3.49. The fourth-order valence-electron chi connectivity index (χ4n) is 6.73. The number of nitrogens with two attached hydrogens (primary N) is 1. The van der Waals surface area contributed by atoms with Crippen LogP contribution in [0.3, 0.4) is 0 Å². The Kier molecular flexibility index (Phi) is 7.18. The molecule has 2 atom stereocenters. The highest BCUT2D eigenvalue weighted by molar-refractivity contribution is 5.91. The summed E-state index contributed by atoms with van der Waals surface area (Å²) in [5, 5.41) is 10.7. The number of aliphatic hydroxyl groups is 1. The molecule has 2 aliphatic carbocycles. The van der Waals surface area contributed by atoms with Crippen molar-refractivity contribution in [2.75, 3.05) is 13.1 Å². The number of benzene rings is 3. The third-order valence-corrected chi connectivity index (χ3v) is 9.27. The summed E-state index contributed by atoms with van der Waals surface area (Å²) < 4.78 is 6.64. The first kappa shape index (κ1) is 27.3. The van der Waals surface area contributed by atoms with Crippen molar-refractivity contribution in [2.24, 2.45) is 5.73 Å². The molecular weight excluding hydrogens is 508 g/mol. The van der Waals surface area contributed by atoms with Crippen LogP contribution >= 0.6 is 0 Å². The SMILES string of the molecule is CC(C)(CCC(C(N)=O)(c1ccccc1)c1ccccc1)N1CC[C@H](O[C@H]2c3ccc(-c4ccccc4)c2c3O)C1. The minimum atomic E-state index is -0.907. The van der Waals surface area contributed by atoms with Crippen LogP contribution in [0, 0.1) is 0 Å². The number of carbonyl (C=O) groups is 1. The summed E-state index contributed by atoms with van der Waals surface area (Å²) in [5.41, 5.74) is 10.9. The Bertz CT molecular complexity index is 1470. The summed E-state index contributed by atoms with van der Waals surface area (Å²) in [5.74, 6) is 0.0321. The first-order chi connectivity index (χ1) is 19.8. The summed E-state index contributed by atoms with van der Waals surface area (Å²) in [6, 6.07) is 30.0. The van der Waals surface area contributed by atoms with Gasteiger partial charge in [-0.1, -0.05) is 103 Å². The van der Waals surface area contributed by atoms with Crippen molar-refractivity contribution >= 4 is 11.5 Å². The lowest BCUT2D eigenvalue weighted by molar-refractivity contribution is -0.122. The molecule has 6 rings (SSSR count). The average molecular weight is 547 g/mol. The van der Waals surface area contributed by atoms with Crippen molar-refractivity contribution < 1.29 is 14.6 Å². The molecule has 1 saturated heterocycles. The molecule has 1 aliphatic heterocycles. The Hall–Kier alpha value is -3.93. The Morgan fingerprint density at radius 3 is 2.05 bits per heavy atom. The van der Waals surface area contributed by atoms with Crippen molar-refractivity contribution in [3.8, 4) is 0 Å². The van der Waals surface area contributed by atoms with Crippen LogP contribution in [0.15, 0.2) is 120 Å². The number of nitrogens with zero attached hydrogens (tertiary/aromatic N) is 1. The van der Waals surface area contributed by atoms with Crippen LogP contribution in [-0.4, -0.2) is 46.7 Å². The van der Waals surface area contributed by atoms with E-state index in [2.05, 4.69) is 37.0 Å². The van der Waals surface area contributed by atoms with Gasteiger partial charge in [0.15, 0.2) is 0 Å². The number of likely N-dealkylation sites (tertiary alicyclic amines) is 1. The largest absolute Gasteiger partial charge is 0.507 e. The summed E-state index contributed by atoms with van der Waals surface area (Å²) >= 11 is 0. The topological polar surface area (TPSA) is 75.8 Å². The minimum absolute atomic E-state index is 0.0602. The van der Waals surface area contributed by atoms with E-state index in [0.717, 1.165) is 59.3 Å². The smallest absolute Gasteiger partial charge is 0.232 e. The van der Waals surface area contributed by atoms with E-state index >= 15 is 0 Å². The predicted octanol–water partition coefficient (Wildman–Crippen LogP) is 6.33. The summed E-state index contributed by atoms with van der Waals surface area (Å²) in [4.78, 5) is 15.8. The lowest BCUT2D eigenvalue weighted by atomic mass is 9.69. The lowest BCUT2D eigenvalue weighted by Gasteiger charge is -2.41. The van der Waals surface area contributed by atoms with E-state index in [9.17, 15) is 9.90 Å². The van der Waals surface area contributed by atoms with Gasteiger partial charge in [0.05, 0.1) is 11.5 Å². The number of hydrogen-bond acceptors (Lipinski definition) is 4. The minimum Gasteiger partial charge on any atom is -0.507 e. The monoisotopic (exact) mass is 546 g/mol. The highest BCUT2D eigenvalue weighted by atomic mass is 16.5. The molecule has 210 valence electrons. The molecule has 1 amide bonds. The van der Waals surface area contributed by atoms with Crippen molar-refractivity contribution in [1.29, 1.82) is 0 Å². The van der Waals surface area contributed by atoms with Crippen LogP contribution in [0.2, 0.25) is 0 Å². The van der Waals surface area contributed by atoms with Crippen molar-refractivity contribution in [3.05, 3.63) is 137 Å². The normalized spacial score (nSPS) is 20.8. The summed E-state index contributed by atoms with van der Waals surface area (Å²) in [6.07, 6.45) is 6.24. The molecule has 0 radical (unpaired) electrons. The van der Waals surface area contributed by atoms with E-state index in [1.807, 2.05) is 84.9 Å². The maximum atomic E-state index is 13.3. The van der Waals surface area contributed by atoms with Gasteiger partial charge in [0.2, 0.25) is 5.91 Å². The molecule has 1 fully saturated rings. The number of rotatable bonds is 10. The van der Waals surface area contributed by atoms with Crippen LogP contribution in [-0.2, 0) is 14.9 Å². The first-order valence-corrected chi connectivity index (χ1v) is 14.5. The van der Waals surface area contributed by atoms with Gasteiger partial charge in [-0.25, -0.2) is 0 Å². The van der Waals surface area contributed by atoms with Crippen molar-refractivity contribution in [3.63, 3.8) is 0 Å². The Morgan fingerprint density at radius 2 is 1.49 bits per heavy atom. The molecule has 0 aromatic heterocycles.